The molecule has 16 heteroatoms. The summed E-state index contributed by atoms with van der Waals surface area (Å²) in [5.41, 5.74) is -11.1. The molecule has 1 aromatic rings. The number of rotatable bonds is 10. The normalized spacial score (nSPS) is 48.7. The largest absolute Gasteiger partial charge is 0.511 e. The molecule has 4 saturated carbocycles. The number of hydrogen-bond donors (Lipinski definition) is 1. The van der Waals surface area contributed by atoms with Crippen LogP contribution in [0.4, 0.5) is 0 Å². The Morgan fingerprint density at radius 2 is 1.60 bits per heavy atom. The van der Waals surface area contributed by atoms with E-state index in [1.165, 1.54) is 47.9 Å². The number of aliphatic hydroxyl groups excluding tert-OH is 1. The van der Waals surface area contributed by atoms with Crippen LogP contribution in [-0.2, 0) is 66.5 Å². The Morgan fingerprint density at radius 3 is 2.14 bits per heavy atom. The van der Waals surface area contributed by atoms with E-state index >= 15 is 0 Å². The molecule has 15 atom stereocenters. The van der Waals surface area contributed by atoms with Gasteiger partial charge >= 0.3 is 23.9 Å². The third-order valence-electron chi connectivity index (χ3n) is 15.5. The number of esters is 4. The second-order valence-corrected chi connectivity index (χ2v) is 18.6. The van der Waals surface area contributed by atoms with Gasteiger partial charge in [0.1, 0.15) is 53.1 Å². The van der Waals surface area contributed by atoms with Gasteiger partial charge < -0.3 is 56.9 Å². The Labute approximate surface area is 337 Å². The maximum Gasteiger partial charge on any atom is 0.338 e. The van der Waals surface area contributed by atoms with Crippen molar-refractivity contribution >= 4 is 23.9 Å². The Balaban J connectivity index is 1.60. The molecule has 2 spiro atoms. The van der Waals surface area contributed by atoms with Gasteiger partial charge in [-0.15, -0.1) is 0 Å². The van der Waals surface area contributed by atoms with Crippen molar-refractivity contribution in [1.29, 1.82) is 0 Å². The second-order valence-electron chi connectivity index (χ2n) is 18.6. The summed E-state index contributed by atoms with van der Waals surface area (Å²) in [6.07, 6.45) is -3.54. The molecule has 3 aliphatic heterocycles. The van der Waals surface area contributed by atoms with Crippen LogP contribution in [0, 0.1) is 39.9 Å². The van der Waals surface area contributed by atoms with E-state index in [1.54, 1.807) is 47.6 Å². The van der Waals surface area contributed by atoms with E-state index in [2.05, 4.69) is 0 Å². The van der Waals surface area contributed by atoms with Crippen LogP contribution < -0.4 is 0 Å². The van der Waals surface area contributed by atoms with Gasteiger partial charge in [0.25, 0.3) is 5.97 Å². The summed E-state index contributed by atoms with van der Waals surface area (Å²) < 4.78 is 72.9. The summed E-state index contributed by atoms with van der Waals surface area (Å²) in [4.78, 5) is 56.2. The number of carbonyl (C=O) groups is 4. The summed E-state index contributed by atoms with van der Waals surface area (Å²) in [5, 5.41) is 12.3. The predicted molar refractivity (Wildman–Crippen MR) is 196 cm³/mol. The second kappa shape index (κ2) is 12.5. The number of fused-ring (bicyclic) bond motifs is 3. The van der Waals surface area contributed by atoms with Crippen molar-refractivity contribution in [3.63, 3.8) is 0 Å². The summed E-state index contributed by atoms with van der Waals surface area (Å²) in [5.74, 6) is -8.35. The Kier molecular flexibility index (Phi) is 8.89. The number of furan rings is 1. The monoisotopic (exact) mass is 816 g/mol. The first-order valence-electron chi connectivity index (χ1n) is 19.9. The third kappa shape index (κ3) is 4.17. The van der Waals surface area contributed by atoms with Gasteiger partial charge in [0.05, 0.1) is 36.5 Å². The molecule has 320 valence electrons. The molecular formula is C42H56O16. The van der Waals surface area contributed by atoms with Crippen molar-refractivity contribution in [3.05, 3.63) is 35.5 Å². The molecule has 1 aromatic heterocycles. The summed E-state index contributed by atoms with van der Waals surface area (Å²) in [7, 11) is 5.70. The van der Waals surface area contributed by atoms with Gasteiger partial charge in [-0.25, -0.2) is 4.79 Å². The third-order valence-corrected chi connectivity index (χ3v) is 15.5. The van der Waals surface area contributed by atoms with Gasteiger partial charge in [0, 0.05) is 69.8 Å². The number of carbonyl (C=O) groups excluding carboxylic acids is 4. The van der Waals surface area contributed by atoms with E-state index < -0.39 is 123 Å². The Morgan fingerprint density at radius 1 is 0.914 bits per heavy atom. The number of cyclic esters (lactones) is 1. The standard InChI is InChI=1S/C42H56O16/c1-19(2)26(45)25-27-36(7,28(54-32(25)47)22-14-15-52-17-22)29(55-31(46)20(3)4)30(49-11)42-37(8)23(16-24(44)48-10)35(6)18-39(37)41(51-13,33(35)53-21(5)43)34(50-12)40(27,42)57-38(9,56-39)58-42/h14-15,17,19-20,23,27-30,33-34,45H,16,18H2,1-13H3/b26-25-. The van der Waals surface area contributed by atoms with Gasteiger partial charge in [-0.2, -0.15) is 0 Å². The molecule has 58 heavy (non-hydrogen) atoms. The van der Waals surface area contributed by atoms with Crippen molar-refractivity contribution in [2.75, 3.05) is 28.4 Å². The first kappa shape index (κ1) is 41.2. The minimum absolute atomic E-state index is 0.151. The van der Waals surface area contributed by atoms with Crippen LogP contribution in [0.25, 0.3) is 0 Å². The van der Waals surface area contributed by atoms with Crippen LogP contribution >= 0.6 is 0 Å². The van der Waals surface area contributed by atoms with E-state index in [0.717, 1.165) is 0 Å². The number of allylic oxidation sites excluding steroid dienone is 1. The van der Waals surface area contributed by atoms with Crippen LogP contribution in [0.5, 0.6) is 0 Å². The molecule has 0 aromatic carbocycles. The lowest BCUT2D eigenvalue weighted by atomic mass is 9.32. The molecule has 4 bridgehead atoms. The van der Waals surface area contributed by atoms with Crippen molar-refractivity contribution in [3.8, 4) is 0 Å². The molecule has 1 N–H and O–H groups in total. The topological polar surface area (TPSA) is 194 Å². The van der Waals surface area contributed by atoms with E-state index in [4.69, 9.17) is 51.8 Å². The van der Waals surface area contributed by atoms with Gasteiger partial charge in [-0.1, -0.05) is 48.5 Å². The number of methoxy groups -OCH3 is 4. The lowest BCUT2D eigenvalue weighted by molar-refractivity contribution is -0.494. The number of aliphatic hydroxyl groups is 1. The van der Waals surface area contributed by atoms with Gasteiger partial charge in [0.2, 0.25) is 0 Å². The van der Waals surface area contributed by atoms with E-state index in [9.17, 15) is 24.3 Å². The molecule has 7 fully saturated rings. The minimum atomic E-state index is -2.03. The maximum atomic E-state index is 15.0. The fraction of sp³-hybridized carbons (Fsp3) is 0.762. The molecular weight excluding hydrogens is 760 g/mol. The highest BCUT2D eigenvalue weighted by Gasteiger charge is 3.06. The lowest BCUT2D eigenvalue weighted by Gasteiger charge is -2.79. The molecule has 4 aliphatic carbocycles. The minimum Gasteiger partial charge on any atom is -0.511 e. The van der Waals surface area contributed by atoms with Crippen molar-refractivity contribution < 1.29 is 76.1 Å². The first-order chi connectivity index (χ1) is 27.1. The average molecular weight is 817 g/mol. The molecule has 0 amide bonds. The van der Waals surface area contributed by atoms with Crippen molar-refractivity contribution in [2.24, 2.45) is 39.9 Å². The molecule has 7 aliphatic rings. The zero-order valence-electron chi connectivity index (χ0n) is 35.4. The maximum absolute atomic E-state index is 15.0. The summed E-state index contributed by atoms with van der Waals surface area (Å²) in [6.45, 7) is 15.4. The summed E-state index contributed by atoms with van der Waals surface area (Å²) >= 11 is 0. The fourth-order valence-corrected chi connectivity index (χ4v) is 14.0. The zero-order valence-corrected chi connectivity index (χ0v) is 35.4. The van der Waals surface area contributed by atoms with E-state index in [0.29, 0.717) is 5.56 Å². The number of hydrogen-bond acceptors (Lipinski definition) is 16. The van der Waals surface area contributed by atoms with E-state index in [-0.39, 0.29) is 24.2 Å². The molecule has 4 heterocycles. The SMILES string of the molecule is COC(=O)CC1C2(C)CC34OC5(C)OC6(C7/C(=C(/O)C(C)C)C(=O)OC(c8ccoc8)C7(C)C(OC(=O)C(C)C)C(OC)C6(O5)C13C)C(OC)C4(OC)C2OC(C)=O. The highest BCUT2D eigenvalue weighted by atomic mass is 16.9. The zero-order chi connectivity index (χ0) is 42.6. The number of ether oxygens (including phenoxy) is 10. The first-order valence-corrected chi connectivity index (χ1v) is 19.9. The molecule has 3 saturated heterocycles. The van der Waals surface area contributed by atoms with Crippen LogP contribution in [0.3, 0.4) is 0 Å². The van der Waals surface area contributed by atoms with Gasteiger partial charge in [-0.05, 0) is 18.4 Å². The lowest BCUT2D eigenvalue weighted by Crippen LogP contribution is -2.97. The highest BCUT2D eigenvalue weighted by molar-refractivity contribution is 5.92. The Bertz CT molecular complexity index is 1960. The van der Waals surface area contributed by atoms with Gasteiger partial charge in [-0.3, -0.25) is 14.4 Å². The van der Waals surface area contributed by atoms with Crippen LogP contribution in [0.2, 0.25) is 0 Å². The smallest absolute Gasteiger partial charge is 0.338 e. The molecule has 8 rings (SSSR count). The van der Waals surface area contributed by atoms with Crippen LogP contribution in [-0.4, -0.2) is 110 Å². The van der Waals surface area contributed by atoms with Crippen molar-refractivity contribution in [2.45, 2.75) is 134 Å². The highest BCUT2D eigenvalue weighted by Crippen LogP contribution is 2.90. The van der Waals surface area contributed by atoms with Crippen molar-refractivity contribution in [1.82, 2.24) is 0 Å². The molecule has 15 unspecified atom stereocenters. The average Bonchev–Trinajstić information content (AvgIpc) is 3.85. The van der Waals surface area contributed by atoms with Gasteiger partial charge in [0.15, 0.2) is 5.60 Å². The molecule has 0 radical (unpaired) electrons. The Hall–Kier alpha value is -3.54. The van der Waals surface area contributed by atoms with Crippen LogP contribution in [0.15, 0.2) is 34.3 Å². The fourth-order valence-electron chi connectivity index (χ4n) is 14.0. The van der Waals surface area contributed by atoms with E-state index in [1.807, 2.05) is 13.8 Å². The quantitative estimate of drug-likeness (QED) is 0.150. The van der Waals surface area contributed by atoms with Crippen LogP contribution in [0.1, 0.15) is 86.8 Å². The summed E-state index contributed by atoms with van der Waals surface area (Å²) in [6, 6.07) is 1.65. The molecule has 16 nitrogen and oxygen atoms in total. The predicted octanol–water partition coefficient (Wildman–Crippen LogP) is 4.49.